The van der Waals surface area contributed by atoms with Gasteiger partial charge in [-0.25, -0.2) is 4.68 Å². The van der Waals surface area contributed by atoms with Crippen molar-refractivity contribution < 1.29 is 4.79 Å². The molecule has 94 valence electrons. The first-order chi connectivity index (χ1) is 8.63. The Labute approximate surface area is 110 Å². The molecule has 0 atom stereocenters. The monoisotopic (exact) mass is 264 g/mol. The van der Waals surface area contributed by atoms with Gasteiger partial charge >= 0.3 is 0 Å². The van der Waals surface area contributed by atoms with Gasteiger partial charge in [0.05, 0.1) is 16.9 Å². The molecule has 1 heterocycles. The number of aromatic nitrogens is 3. The number of nitrogen functional groups attached to an aromatic ring is 1. The predicted molar refractivity (Wildman–Crippen MR) is 69.6 cm³/mol. The highest BCUT2D eigenvalue weighted by atomic mass is 35.5. The van der Waals surface area contributed by atoms with Crippen LogP contribution in [-0.4, -0.2) is 20.8 Å². The molecule has 18 heavy (non-hydrogen) atoms. The second-order valence-corrected chi connectivity index (χ2v) is 4.32. The van der Waals surface area contributed by atoms with Crippen molar-refractivity contribution in [3.05, 3.63) is 40.7 Å². The molecule has 1 aromatic heterocycles. The molecule has 2 rings (SSSR count). The van der Waals surface area contributed by atoms with Crippen molar-refractivity contribution in [3.8, 4) is 0 Å². The zero-order valence-electron chi connectivity index (χ0n) is 9.93. The summed E-state index contributed by atoms with van der Waals surface area (Å²) < 4.78 is 1.59. The van der Waals surface area contributed by atoms with Crippen LogP contribution >= 0.6 is 11.6 Å². The molecule has 0 aliphatic heterocycles. The molecule has 0 saturated carbocycles. The fraction of sp³-hybridized carbons (Fsp3) is 0.250. The zero-order valence-corrected chi connectivity index (χ0v) is 10.7. The van der Waals surface area contributed by atoms with E-state index < -0.39 is 0 Å². The Bertz CT molecular complexity index is 579. The predicted octanol–water partition coefficient (Wildman–Crippen LogP) is 2.15. The van der Waals surface area contributed by atoms with Gasteiger partial charge in [-0.3, -0.25) is 4.79 Å². The lowest BCUT2D eigenvalue weighted by Crippen LogP contribution is -2.11. The fourth-order valence-electron chi connectivity index (χ4n) is 1.63. The first-order valence-electron chi connectivity index (χ1n) is 5.61. The number of carbonyl (C=O) groups excluding carboxylic acids is 1. The lowest BCUT2D eigenvalue weighted by molar-refractivity contribution is 0.102. The van der Waals surface area contributed by atoms with E-state index in [1.807, 2.05) is 6.92 Å². The summed E-state index contributed by atoms with van der Waals surface area (Å²) in [5.41, 5.74) is 7.00. The van der Waals surface area contributed by atoms with Gasteiger partial charge in [0.25, 0.3) is 0 Å². The van der Waals surface area contributed by atoms with Gasteiger partial charge in [0.1, 0.15) is 5.69 Å². The summed E-state index contributed by atoms with van der Waals surface area (Å²) in [6.07, 6.45) is 2.34. The zero-order chi connectivity index (χ0) is 13.1. The van der Waals surface area contributed by atoms with Crippen molar-refractivity contribution in [3.63, 3.8) is 0 Å². The van der Waals surface area contributed by atoms with E-state index in [0.717, 1.165) is 6.42 Å². The van der Waals surface area contributed by atoms with Crippen LogP contribution in [-0.2, 0) is 6.54 Å². The number of hydrogen-bond acceptors (Lipinski definition) is 4. The molecule has 0 aliphatic carbocycles. The van der Waals surface area contributed by atoms with Gasteiger partial charge in [-0.1, -0.05) is 23.7 Å². The SMILES string of the molecule is CCCn1nncc1C(=O)c1ccc(N)c(Cl)c1. The van der Waals surface area contributed by atoms with E-state index in [4.69, 9.17) is 17.3 Å². The first-order valence-corrected chi connectivity index (χ1v) is 5.99. The fourth-order valence-corrected chi connectivity index (χ4v) is 1.81. The van der Waals surface area contributed by atoms with E-state index in [1.165, 1.54) is 6.20 Å². The standard InChI is InChI=1S/C12H13ClN4O/c1-2-5-17-11(7-15-16-17)12(18)8-3-4-10(14)9(13)6-8/h3-4,6-7H,2,5,14H2,1H3. The van der Waals surface area contributed by atoms with E-state index in [9.17, 15) is 4.79 Å². The molecule has 0 radical (unpaired) electrons. The van der Waals surface area contributed by atoms with Crippen LogP contribution in [0.25, 0.3) is 0 Å². The number of hydrogen-bond donors (Lipinski definition) is 1. The smallest absolute Gasteiger partial charge is 0.212 e. The molecule has 0 aliphatic rings. The minimum atomic E-state index is -0.157. The maximum Gasteiger partial charge on any atom is 0.212 e. The summed E-state index contributed by atoms with van der Waals surface area (Å²) in [7, 11) is 0. The molecule has 6 heteroatoms. The Morgan fingerprint density at radius 1 is 1.50 bits per heavy atom. The topological polar surface area (TPSA) is 73.8 Å². The Morgan fingerprint density at radius 3 is 2.94 bits per heavy atom. The largest absolute Gasteiger partial charge is 0.398 e. The van der Waals surface area contributed by atoms with Gasteiger partial charge in [0, 0.05) is 12.1 Å². The van der Waals surface area contributed by atoms with Crippen molar-refractivity contribution in [2.24, 2.45) is 0 Å². The van der Waals surface area contributed by atoms with Gasteiger partial charge in [-0.2, -0.15) is 0 Å². The van der Waals surface area contributed by atoms with E-state index in [0.29, 0.717) is 28.5 Å². The van der Waals surface area contributed by atoms with Crippen molar-refractivity contribution in [2.75, 3.05) is 5.73 Å². The number of anilines is 1. The van der Waals surface area contributed by atoms with Crippen molar-refractivity contribution >= 4 is 23.1 Å². The number of nitrogens with two attached hydrogens (primary N) is 1. The number of aryl methyl sites for hydroxylation is 1. The maximum absolute atomic E-state index is 12.3. The molecule has 0 unspecified atom stereocenters. The van der Waals surface area contributed by atoms with Crippen LogP contribution in [0.4, 0.5) is 5.69 Å². The van der Waals surface area contributed by atoms with E-state index >= 15 is 0 Å². The average Bonchev–Trinajstić information content (AvgIpc) is 2.80. The quantitative estimate of drug-likeness (QED) is 0.678. The molecular weight excluding hydrogens is 252 g/mol. The third-order valence-electron chi connectivity index (χ3n) is 2.55. The Morgan fingerprint density at radius 2 is 2.28 bits per heavy atom. The third kappa shape index (κ3) is 2.36. The van der Waals surface area contributed by atoms with Gasteiger partial charge in [0.2, 0.25) is 5.78 Å². The Kier molecular flexibility index (Phi) is 3.62. The number of nitrogens with zero attached hydrogens (tertiary/aromatic N) is 3. The molecular formula is C12H13ClN4O. The lowest BCUT2D eigenvalue weighted by Gasteiger charge is -2.05. The molecule has 2 aromatic rings. The molecule has 0 bridgehead atoms. The van der Waals surface area contributed by atoms with Crippen LogP contribution in [0.1, 0.15) is 29.4 Å². The van der Waals surface area contributed by atoms with E-state index in [-0.39, 0.29) is 5.78 Å². The molecule has 2 N–H and O–H groups in total. The number of carbonyl (C=O) groups is 1. The van der Waals surface area contributed by atoms with Crippen molar-refractivity contribution in [1.29, 1.82) is 0 Å². The molecule has 0 amide bonds. The minimum Gasteiger partial charge on any atom is -0.398 e. The van der Waals surface area contributed by atoms with Crippen LogP contribution in [0.15, 0.2) is 24.4 Å². The first kappa shape index (κ1) is 12.6. The summed E-state index contributed by atoms with van der Waals surface area (Å²) in [5.74, 6) is -0.157. The Hall–Kier alpha value is -1.88. The normalized spacial score (nSPS) is 10.6. The summed E-state index contributed by atoms with van der Waals surface area (Å²) in [4.78, 5) is 12.3. The van der Waals surface area contributed by atoms with Crippen LogP contribution in [0.2, 0.25) is 5.02 Å². The summed E-state index contributed by atoms with van der Waals surface area (Å²) in [5, 5.41) is 8.01. The van der Waals surface area contributed by atoms with E-state index in [2.05, 4.69) is 10.3 Å². The Balaban J connectivity index is 2.35. The molecule has 0 fully saturated rings. The third-order valence-corrected chi connectivity index (χ3v) is 2.88. The second kappa shape index (κ2) is 5.18. The minimum absolute atomic E-state index is 0.157. The summed E-state index contributed by atoms with van der Waals surface area (Å²) >= 11 is 5.90. The molecule has 0 saturated heterocycles. The highest BCUT2D eigenvalue weighted by Gasteiger charge is 2.15. The number of rotatable bonds is 4. The highest BCUT2D eigenvalue weighted by molar-refractivity contribution is 6.33. The van der Waals surface area contributed by atoms with Crippen molar-refractivity contribution in [1.82, 2.24) is 15.0 Å². The second-order valence-electron chi connectivity index (χ2n) is 3.91. The van der Waals surface area contributed by atoms with Gasteiger partial charge in [-0.05, 0) is 24.6 Å². The molecule has 5 nitrogen and oxygen atoms in total. The molecule has 0 spiro atoms. The van der Waals surface area contributed by atoms with Crippen LogP contribution in [0.3, 0.4) is 0 Å². The number of ketones is 1. The van der Waals surface area contributed by atoms with E-state index in [1.54, 1.807) is 22.9 Å². The van der Waals surface area contributed by atoms with Gasteiger partial charge < -0.3 is 5.73 Å². The molecule has 1 aromatic carbocycles. The van der Waals surface area contributed by atoms with Gasteiger partial charge in [-0.15, -0.1) is 5.10 Å². The van der Waals surface area contributed by atoms with Crippen LogP contribution < -0.4 is 5.73 Å². The summed E-state index contributed by atoms with van der Waals surface area (Å²) in [6.45, 7) is 2.67. The van der Waals surface area contributed by atoms with Crippen LogP contribution in [0.5, 0.6) is 0 Å². The maximum atomic E-state index is 12.3. The number of halogens is 1. The van der Waals surface area contributed by atoms with Crippen LogP contribution in [0, 0.1) is 0 Å². The van der Waals surface area contributed by atoms with Crippen molar-refractivity contribution in [2.45, 2.75) is 19.9 Å². The summed E-state index contributed by atoms with van der Waals surface area (Å²) in [6, 6.07) is 4.82. The highest BCUT2D eigenvalue weighted by Crippen LogP contribution is 2.21. The van der Waals surface area contributed by atoms with Gasteiger partial charge in [0.15, 0.2) is 0 Å². The average molecular weight is 265 g/mol. The number of benzene rings is 1. The lowest BCUT2D eigenvalue weighted by atomic mass is 10.1.